The Morgan fingerprint density at radius 3 is 2.68 bits per heavy atom. The number of anilines is 1. The Kier molecular flexibility index (Phi) is 7.75. The van der Waals surface area contributed by atoms with Gasteiger partial charge in [0.2, 0.25) is 0 Å². The van der Waals surface area contributed by atoms with Gasteiger partial charge in [-0.3, -0.25) is 9.10 Å². The monoisotopic (exact) mass is 569 g/mol. The Bertz CT molecular complexity index is 1500. The summed E-state index contributed by atoms with van der Waals surface area (Å²) in [6.45, 7) is -0.343. The fraction of sp³-hybridized carbons (Fsp3) is 0.280. The minimum absolute atomic E-state index is 0.0165. The van der Waals surface area contributed by atoms with Gasteiger partial charge in [-0.25, -0.2) is 17.5 Å². The molecule has 3 aromatic rings. The number of aromatic nitrogens is 2. The highest BCUT2D eigenvalue weighted by Crippen LogP contribution is 2.40. The van der Waals surface area contributed by atoms with Crippen LogP contribution in [0.3, 0.4) is 0 Å². The normalized spacial score (nSPS) is 15.9. The molecule has 0 radical (unpaired) electrons. The summed E-state index contributed by atoms with van der Waals surface area (Å²) in [6.07, 6.45) is 1.32. The van der Waals surface area contributed by atoms with Crippen molar-refractivity contribution >= 4 is 44.9 Å². The number of carbonyl (C=O) groups is 1. The largest absolute Gasteiger partial charge is 0.486 e. The first-order valence-corrected chi connectivity index (χ1v) is 13.2. The molecule has 0 saturated carbocycles. The molecular weight excluding hydrogens is 547 g/mol. The van der Waals surface area contributed by atoms with E-state index in [-0.39, 0.29) is 51.8 Å². The number of fused-ring (bicyclic) bond motifs is 1. The van der Waals surface area contributed by atoms with Crippen molar-refractivity contribution in [1.82, 2.24) is 9.78 Å². The average molecular weight is 570 g/mol. The molecule has 1 aliphatic rings. The van der Waals surface area contributed by atoms with Gasteiger partial charge in [-0.05, 0) is 55.7 Å². The molecule has 0 saturated heterocycles. The summed E-state index contributed by atoms with van der Waals surface area (Å²) < 4.78 is 75.4. The fourth-order valence-corrected chi connectivity index (χ4v) is 6.18. The van der Waals surface area contributed by atoms with Crippen molar-refractivity contribution in [1.29, 1.82) is 0 Å². The van der Waals surface area contributed by atoms with Gasteiger partial charge in [0.05, 0.1) is 29.1 Å². The molecule has 0 spiro atoms. The van der Waals surface area contributed by atoms with Gasteiger partial charge in [-0.2, -0.15) is 13.9 Å². The van der Waals surface area contributed by atoms with Gasteiger partial charge in [0, 0.05) is 12.0 Å². The standard InChI is InChI=1S/C25H23ClF3N3O5S/c1-14(24-18(26)4-3-5-19(24)27)10-16-6-8-21-20(11-16)32(12-17(37-21)7-9-23(33)34)38(35,36)22-13-31(25(28)29)30-15(22)2/h3-6,8,10-11,13,17,25H,7,9,12H2,1-2H3,(H,33,34)/b14-10+/t17-/m0/s1. The summed E-state index contributed by atoms with van der Waals surface area (Å²) in [7, 11) is -4.41. The topological polar surface area (TPSA) is 102 Å². The number of carboxylic acids is 1. The third-order valence-corrected chi connectivity index (χ3v) is 8.17. The van der Waals surface area contributed by atoms with Gasteiger partial charge >= 0.3 is 12.5 Å². The van der Waals surface area contributed by atoms with Crippen molar-refractivity contribution in [3.63, 3.8) is 0 Å². The van der Waals surface area contributed by atoms with Crippen molar-refractivity contribution in [2.75, 3.05) is 10.8 Å². The number of aryl methyl sites for hydroxylation is 1. The van der Waals surface area contributed by atoms with E-state index in [4.69, 9.17) is 21.4 Å². The molecule has 1 N–H and O–H groups in total. The maximum absolute atomic E-state index is 14.4. The average Bonchev–Trinajstić information content (AvgIpc) is 3.25. The zero-order valence-electron chi connectivity index (χ0n) is 20.2. The van der Waals surface area contributed by atoms with Crippen LogP contribution in [0, 0.1) is 12.7 Å². The molecule has 4 rings (SSSR count). The number of hydrogen-bond acceptors (Lipinski definition) is 5. The Morgan fingerprint density at radius 1 is 1.32 bits per heavy atom. The SMILES string of the molecule is C/C(=C\c1ccc2c(c1)N(S(=O)(=O)c1cn(C(F)F)nc1C)C[C@H](CCC(=O)O)O2)c1c(F)cccc1Cl. The number of rotatable bonds is 8. The summed E-state index contributed by atoms with van der Waals surface area (Å²) in [5.41, 5.74) is 1.15. The van der Waals surface area contributed by atoms with Crippen molar-refractivity contribution in [2.45, 2.75) is 44.2 Å². The predicted molar refractivity (Wildman–Crippen MR) is 135 cm³/mol. The third kappa shape index (κ3) is 5.51. The molecule has 38 heavy (non-hydrogen) atoms. The molecule has 0 bridgehead atoms. The van der Waals surface area contributed by atoms with Crippen LogP contribution in [0.15, 0.2) is 47.5 Å². The van der Waals surface area contributed by atoms with Crippen LogP contribution in [-0.2, 0) is 14.8 Å². The predicted octanol–water partition coefficient (Wildman–Crippen LogP) is 5.76. The van der Waals surface area contributed by atoms with E-state index in [9.17, 15) is 26.4 Å². The van der Waals surface area contributed by atoms with Crippen LogP contribution in [0.4, 0.5) is 18.9 Å². The molecule has 13 heteroatoms. The van der Waals surface area contributed by atoms with Crippen molar-refractivity contribution in [2.24, 2.45) is 0 Å². The lowest BCUT2D eigenvalue weighted by Gasteiger charge is -2.35. The Balaban J connectivity index is 1.80. The lowest BCUT2D eigenvalue weighted by Crippen LogP contribution is -2.43. The number of allylic oxidation sites excluding steroid dienone is 1. The van der Waals surface area contributed by atoms with Crippen LogP contribution >= 0.6 is 11.6 Å². The molecule has 1 aromatic heterocycles. The van der Waals surface area contributed by atoms with Crippen LogP contribution < -0.4 is 9.04 Å². The number of alkyl halides is 2. The lowest BCUT2D eigenvalue weighted by atomic mass is 10.0. The molecule has 8 nitrogen and oxygen atoms in total. The summed E-state index contributed by atoms with van der Waals surface area (Å²) in [5, 5.41) is 12.9. The van der Waals surface area contributed by atoms with Crippen LogP contribution in [0.25, 0.3) is 11.6 Å². The van der Waals surface area contributed by atoms with Crippen molar-refractivity contribution in [3.8, 4) is 5.75 Å². The third-order valence-electron chi connectivity index (χ3n) is 5.97. The number of halogens is 4. The van der Waals surface area contributed by atoms with E-state index in [0.29, 0.717) is 11.1 Å². The first-order chi connectivity index (χ1) is 17.9. The van der Waals surface area contributed by atoms with Gasteiger partial charge in [-0.1, -0.05) is 29.8 Å². The maximum atomic E-state index is 14.4. The molecule has 0 amide bonds. The van der Waals surface area contributed by atoms with E-state index in [1.54, 1.807) is 25.1 Å². The molecule has 2 aromatic carbocycles. The molecule has 0 unspecified atom stereocenters. The van der Waals surface area contributed by atoms with Crippen LogP contribution in [0.5, 0.6) is 5.75 Å². The zero-order valence-corrected chi connectivity index (χ0v) is 21.8. The van der Waals surface area contributed by atoms with Crippen molar-refractivity contribution in [3.05, 3.63) is 70.3 Å². The number of carboxylic acid groups (broad SMARTS) is 1. The summed E-state index contributed by atoms with van der Waals surface area (Å²) in [6, 6.07) is 8.94. The Hall–Kier alpha value is -3.51. The smallest absolute Gasteiger partial charge is 0.333 e. The summed E-state index contributed by atoms with van der Waals surface area (Å²) in [5.74, 6) is -1.44. The second-order valence-corrected chi connectivity index (χ2v) is 10.9. The number of ether oxygens (including phenoxy) is 1. The summed E-state index contributed by atoms with van der Waals surface area (Å²) >= 11 is 6.17. The minimum atomic E-state index is -4.41. The highest BCUT2D eigenvalue weighted by molar-refractivity contribution is 7.92. The summed E-state index contributed by atoms with van der Waals surface area (Å²) in [4.78, 5) is 10.7. The number of hydrogen-bond donors (Lipinski definition) is 1. The first-order valence-electron chi connectivity index (χ1n) is 11.4. The van der Waals surface area contributed by atoms with Crippen LogP contribution in [0.1, 0.15) is 43.1 Å². The van der Waals surface area contributed by atoms with Crippen LogP contribution in [-0.4, -0.2) is 41.9 Å². The molecule has 1 atom stereocenters. The Morgan fingerprint density at radius 2 is 2.05 bits per heavy atom. The molecule has 1 aliphatic heterocycles. The lowest BCUT2D eigenvalue weighted by molar-refractivity contribution is -0.137. The van der Waals surface area contributed by atoms with Gasteiger partial charge < -0.3 is 9.84 Å². The van der Waals surface area contributed by atoms with E-state index in [1.807, 2.05) is 0 Å². The molecule has 2 heterocycles. The van der Waals surface area contributed by atoms with E-state index in [0.717, 1.165) is 10.5 Å². The van der Waals surface area contributed by atoms with Crippen LogP contribution in [0.2, 0.25) is 5.02 Å². The highest BCUT2D eigenvalue weighted by atomic mass is 35.5. The second-order valence-electron chi connectivity index (χ2n) is 8.70. The second kappa shape index (κ2) is 10.7. The van der Waals surface area contributed by atoms with E-state index in [2.05, 4.69) is 5.10 Å². The fourth-order valence-electron chi connectivity index (χ4n) is 4.21. The molecular formula is C25H23ClF3N3O5S. The number of sulfonamides is 1. The number of nitrogens with zero attached hydrogens (tertiary/aromatic N) is 3. The molecule has 0 fully saturated rings. The van der Waals surface area contributed by atoms with Gasteiger partial charge in [-0.15, -0.1) is 0 Å². The Labute approximate surface area is 221 Å². The molecule has 0 aliphatic carbocycles. The number of benzene rings is 2. The first kappa shape index (κ1) is 27.5. The van der Waals surface area contributed by atoms with E-state index >= 15 is 0 Å². The zero-order chi connectivity index (χ0) is 27.8. The minimum Gasteiger partial charge on any atom is -0.486 e. The van der Waals surface area contributed by atoms with E-state index < -0.39 is 39.4 Å². The van der Waals surface area contributed by atoms with Gasteiger partial charge in [0.15, 0.2) is 0 Å². The quantitative estimate of drug-likeness (QED) is 0.346. The molecule has 202 valence electrons. The van der Waals surface area contributed by atoms with Gasteiger partial charge in [0.25, 0.3) is 10.0 Å². The highest BCUT2D eigenvalue weighted by Gasteiger charge is 2.37. The van der Waals surface area contributed by atoms with E-state index in [1.165, 1.54) is 31.2 Å². The maximum Gasteiger partial charge on any atom is 0.333 e. The van der Waals surface area contributed by atoms with Gasteiger partial charge in [0.1, 0.15) is 22.6 Å². The number of aliphatic carboxylic acids is 1. The van der Waals surface area contributed by atoms with Crippen molar-refractivity contribution < 1.29 is 36.2 Å².